The molecule has 0 amide bonds. The van der Waals surface area contributed by atoms with E-state index in [0.717, 1.165) is 0 Å². The molecule has 0 atom stereocenters. The number of nitrogens with zero attached hydrogens (tertiary/aromatic N) is 1. The Balaban J connectivity index is 3.62. The molecule has 0 fully saturated rings. The number of hydrogen-bond donors (Lipinski definition) is 2. The van der Waals surface area contributed by atoms with Crippen LogP contribution >= 0.6 is 7.41 Å². The highest BCUT2D eigenvalue weighted by molar-refractivity contribution is 7.71. The molecular weight excluding hydrogens is 121 g/mol. The highest BCUT2D eigenvalue weighted by Gasteiger charge is 2.23. The lowest BCUT2D eigenvalue weighted by Crippen LogP contribution is -2.39. The van der Waals surface area contributed by atoms with E-state index in [1.807, 2.05) is 7.05 Å². The summed E-state index contributed by atoms with van der Waals surface area (Å²) >= 11 is 0. The van der Waals surface area contributed by atoms with Crippen molar-refractivity contribution in [1.82, 2.24) is 10.3 Å². The van der Waals surface area contributed by atoms with Crippen molar-refractivity contribution in [2.45, 2.75) is 0 Å². The minimum Gasteiger partial charge on any atom is -0.222 e. The summed E-state index contributed by atoms with van der Waals surface area (Å²) in [6.45, 7) is 6.43. The molecule has 3 N–H and O–H groups in total. The van der Waals surface area contributed by atoms with Gasteiger partial charge in [-0.2, -0.15) is 0 Å². The van der Waals surface area contributed by atoms with Crippen molar-refractivity contribution < 1.29 is 0 Å². The van der Waals surface area contributed by atoms with Crippen LogP contribution in [0.1, 0.15) is 0 Å². The molecule has 0 spiro atoms. The van der Waals surface area contributed by atoms with Crippen LogP contribution < -0.4 is 11.3 Å². The van der Waals surface area contributed by atoms with Crippen LogP contribution in [0.15, 0.2) is 0 Å². The van der Waals surface area contributed by atoms with Crippen LogP contribution in [0.2, 0.25) is 0 Å². The lowest BCUT2D eigenvalue weighted by Gasteiger charge is -2.21. The largest absolute Gasteiger partial charge is 0.222 e. The standard InChI is InChI=1S/C4H15N3P/c1-6-7(5)8(2,3)4/h6H,5H2,1-4H3/q+1. The van der Waals surface area contributed by atoms with Crippen LogP contribution in [-0.2, 0) is 0 Å². The van der Waals surface area contributed by atoms with E-state index in [9.17, 15) is 0 Å². The van der Waals surface area contributed by atoms with Gasteiger partial charge in [0, 0.05) is 7.05 Å². The highest BCUT2D eigenvalue weighted by Crippen LogP contribution is 2.46. The lowest BCUT2D eigenvalue weighted by atomic mass is 11.5. The molecule has 0 heterocycles. The molecule has 0 aromatic carbocycles. The number of rotatable bonds is 2. The molecule has 0 rings (SSSR count). The van der Waals surface area contributed by atoms with Crippen molar-refractivity contribution in [2.75, 3.05) is 27.0 Å². The number of nitrogens with one attached hydrogen (secondary N) is 1. The van der Waals surface area contributed by atoms with E-state index in [2.05, 4.69) is 25.4 Å². The fourth-order valence-corrected chi connectivity index (χ4v) is 0.900. The second kappa shape index (κ2) is 2.74. The van der Waals surface area contributed by atoms with Crippen molar-refractivity contribution in [2.24, 2.45) is 5.84 Å². The molecule has 0 unspecified atom stereocenters. The fourth-order valence-electron chi connectivity index (χ4n) is 0.300. The predicted molar refractivity (Wildman–Crippen MR) is 39.8 cm³/mol. The van der Waals surface area contributed by atoms with E-state index < -0.39 is 7.41 Å². The summed E-state index contributed by atoms with van der Waals surface area (Å²) in [4.78, 5) is 1.67. The monoisotopic (exact) mass is 136 g/mol. The van der Waals surface area contributed by atoms with Crippen LogP contribution in [0.25, 0.3) is 0 Å². The van der Waals surface area contributed by atoms with Crippen LogP contribution in [0, 0.1) is 0 Å². The zero-order valence-electron chi connectivity index (χ0n) is 5.97. The van der Waals surface area contributed by atoms with Crippen LogP contribution in [0.3, 0.4) is 0 Å². The van der Waals surface area contributed by atoms with E-state index in [1.54, 1.807) is 4.89 Å². The third-order valence-corrected chi connectivity index (χ3v) is 2.37. The molecular formula is C4H15N3P+. The van der Waals surface area contributed by atoms with E-state index >= 15 is 0 Å². The molecule has 50 valence electrons. The smallest absolute Gasteiger partial charge is 0.109 e. The zero-order valence-corrected chi connectivity index (χ0v) is 6.87. The van der Waals surface area contributed by atoms with Crippen LogP contribution in [-0.4, -0.2) is 31.9 Å². The summed E-state index contributed by atoms with van der Waals surface area (Å²) in [5.41, 5.74) is 2.87. The third-order valence-electron chi connectivity index (χ3n) is 0.876. The molecule has 0 aliphatic carbocycles. The van der Waals surface area contributed by atoms with Gasteiger partial charge in [0.1, 0.15) is 7.41 Å². The van der Waals surface area contributed by atoms with Crippen molar-refractivity contribution in [3.05, 3.63) is 0 Å². The molecule has 0 radical (unpaired) electrons. The zero-order chi connectivity index (χ0) is 6.78. The topological polar surface area (TPSA) is 41.3 Å². The summed E-state index contributed by atoms with van der Waals surface area (Å²) in [6.07, 6.45) is 0. The second-order valence-electron chi connectivity index (χ2n) is 2.51. The summed E-state index contributed by atoms with van der Waals surface area (Å²) in [5.74, 6) is 5.52. The first kappa shape index (κ1) is 8.31. The Morgan fingerprint density at radius 1 is 1.38 bits per heavy atom. The molecule has 0 aromatic rings. The van der Waals surface area contributed by atoms with Gasteiger partial charge in [0.2, 0.25) is 0 Å². The highest BCUT2D eigenvalue weighted by atomic mass is 31.2. The van der Waals surface area contributed by atoms with E-state index in [1.165, 1.54) is 0 Å². The summed E-state index contributed by atoms with van der Waals surface area (Å²) in [5, 5.41) is 0. The van der Waals surface area contributed by atoms with Crippen molar-refractivity contribution >= 4 is 7.41 Å². The maximum atomic E-state index is 5.52. The van der Waals surface area contributed by atoms with Gasteiger partial charge in [-0.1, -0.05) is 4.89 Å². The maximum Gasteiger partial charge on any atom is 0.109 e. The van der Waals surface area contributed by atoms with Crippen molar-refractivity contribution in [3.8, 4) is 0 Å². The molecule has 0 saturated carbocycles. The number of hydrogen-bond acceptors (Lipinski definition) is 3. The predicted octanol–water partition coefficient (Wildman–Crippen LogP) is 0.119. The Hall–Kier alpha value is 0.310. The van der Waals surface area contributed by atoms with Gasteiger partial charge in [0.25, 0.3) is 0 Å². The van der Waals surface area contributed by atoms with E-state index in [4.69, 9.17) is 5.84 Å². The first-order valence-electron chi connectivity index (χ1n) is 2.52. The molecule has 0 aliphatic rings. The van der Waals surface area contributed by atoms with Gasteiger partial charge in [-0.15, -0.1) is 0 Å². The fraction of sp³-hybridized carbons (Fsp3) is 1.00. The van der Waals surface area contributed by atoms with Crippen molar-refractivity contribution in [3.63, 3.8) is 0 Å². The van der Waals surface area contributed by atoms with Gasteiger partial charge in [-0.3, -0.25) is 0 Å². The second-order valence-corrected chi connectivity index (χ2v) is 6.82. The minimum atomic E-state index is -1.01. The molecule has 0 saturated heterocycles. The SMILES string of the molecule is CNN(N)[P+](C)(C)C. The van der Waals surface area contributed by atoms with Gasteiger partial charge >= 0.3 is 0 Å². The van der Waals surface area contributed by atoms with Gasteiger partial charge in [-0.25, -0.2) is 11.3 Å². The molecule has 0 aromatic heterocycles. The summed E-state index contributed by atoms with van der Waals surface area (Å²) in [7, 11) is 0.818. The number of hydrazine groups is 2. The van der Waals surface area contributed by atoms with Gasteiger partial charge in [0.15, 0.2) is 0 Å². The van der Waals surface area contributed by atoms with Crippen LogP contribution in [0.4, 0.5) is 0 Å². The van der Waals surface area contributed by atoms with Gasteiger partial charge < -0.3 is 0 Å². The Morgan fingerprint density at radius 2 is 1.75 bits per heavy atom. The van der Waals surface area contributed by atoms with Gasteiger partial charge in [0.05, 0.1) is 20.0 Å². The lowest BCUT2D eigenvalue weighted by molar-refractivity contribution is 0.385. The van der Waals surface area contributed by atoms with E-state index in [0.29, 0.717) is 0 Å². The van der Waals surface area contributed by atoms with E-state index in [-0.39, 0.29) is 0 Å². The Labute approximate surface area is 51.6 Å². The number of nitrogens with two attached hydrogens (primary N) is 1. The Kier molecular flexibility index (Phi) is 2.84. The first-order valence-corrected chi connectivity index (χ1v) is 5.61. The third kappa shape index (κ3) is 2.58. The normalized spacial score (nSPS) is 12.8. The summed E-state index contributed by atoms with van der Waals surface area (Å²) < 4.78 is 0. The minimum absolute atomic E-state index is 1.01. The molecule has 0 bridgehead atoms. The van der Waals surface area contributed by atoms with Gasteiger partial charge in [-0.05, 0) is 0 Å². The maximum absolute atomic E-state index is 5.52. The Morgan fingerprint density at radius 3 is 1.75 bits per heavy atom. The summed E-state index contributed by atoms with van der Waals surface area (Å²) in [6, 6.07) is 0. The molecule has 8 heavy (non-hydrogen) atoms. The molecule has 3 nitrogen and oxygen atoms in total. The quantitative estimate of drug-likeness (QED) is 0.322. The average Bonchev–Trinajstić information content (AvgIpc) is 1.62. The Bertz CT molecular complexity index is 68.2. The van der Waals surface area contributed by atoms with Crippen molar-refractivity contribution in [1.29, 1.82) is 0 Å². The molecule has 0 aliphatic heterocycles. The average molecular weight is 136 g/mol. The first-order chi connectivity index (χ1) is 3.48. The van der Waals surface area contributed by atoms with Crippen LogP contribution in [0.5, 0.6) is 0 Å². The molecule has 4 heteroatoms.